The molecule has 0 spiro atoms. The number of likely N-dealkylation sites (tertiary alicyclic amines) is 1. The second-order valence-electron chi connectivity index (χ2n) is 7.62. The summed E-state index contributed by atoms with van der Waals surface area (Å²) in [6, 6.07) is 4.63. The first-order valence-corrected chi connectivity index (χ1v) is 9.35. The minimum Gasteiger partial charge on any atom is -0.508 e. The Labute approximate surface area is 156 Å². The lowest BCUT2D eigenvalue weighted by Crippen LogP contribution is -2.53. The number of aromatic hydroxyl groups is 1. The summed E-state index contributed by atoms with van der Waals surface area (Å²) < 4.78 is 6.10. The van der Waals surface area contributed by atoms with Crippen molar-refractivity contribution in [3.63, 3.8) is 0 Å². The van der Waals surface area contributed by atoms with Crippen LogP contribution in [0.2, 0.25) is 5.02 Å². The number of rotatable bonds is 2. The molecule has 0 bridgehead atoms. The van der Waals surface area contributed by atoms with E-state index in [1.54, 1.807) is 6.07 Å². The Morgan fingerprint density at radius 2 is 2.04 bits per heavy atom. The van der Waals surface area contributed by atoms with E-state index in [0.717, 1.165) is 0 Å². The predicted molar refractivity (Wildman–Crippen MR) is 93.2 cm³/mol. The molecule has 2 heterocycles. The Hall–Kier alpha value is -1.63. The average molecular weight is 380 g/mol. The number of imide groups is 1. The Bertz CT molecular complexity index is 783. The minimum atomic E-state index is -1.46. The van der Waals surface area contributed by atoms with E-state index in [1.807, 2.05) is 6.92 Å². The van der Waals surface area contributed by atoms with Crippen molar-refractivity contribution in [1.82, 2.24) is 4.90 Å². The summed E-state index contributed by atoms with van der Waals surface area (Å²) in [5.74, 6) is -3.42. The third-order valence-electron chi connectivity index (χ3n) is 6.41. The van der Waals surface area contributed by atoms with Crippen LogP contribution >= 0.6 is 11.6 Å². The first-order valence-electron chi connectivity index (χ1n) is 8.98. The summed E-state index contributed by atoms with van der Waals surface area (Å²) in [6.07, 6.45) is 1.02. The third-order valence-corrected chi connectivity index (χ3v) is 6.74. The van der Waals surface area contributed by atoms with Crippen LogP contribution in [0.4, 0.5) is 0 Å². The van der Waals surface area contributed by atoms with E-state index in [1.165, 1.54) is 24.1 Å². The second-order valence-corrected chi connectivity index (χ2v) is 8.02. The summed E-state index contributed by atoms with van der Waals surface area (Å²) in [6.45, 7) is 1.95. The average Bonchev–Trinajstić information content (AvgIpc) is 3.04. The maximum atomic E-state index is 12.7. The van der Waals surface area contributed by atoms with E-state index in [4.69, 9.17) is 16.3 Å². The van der Waals surface area contributed by atoms with Crippen LogP contribution in [0.25, 0.3) is 0 Å². The molecule has 0 unspecified atom stereocenters. The molecule has 4 rings (SSSR count). The number of nitrogens with zero attached hydrogens (tertiary/aromatic N) is 1. The summed E-state index contributed by atoms with van der Waals surface area (Å²) in [4.78, 5) is 26.3. The summed E-state index contributed by atoms with van der Waals surface area (Å²) in [5, 5.41) is 21.3. The zero-order chi connectivity index (χ0) is 18.8. The fourth-order valence-corrected chi connectivity index (χ4v) is 5.37. The highest BCUT2D eigenvalue weighted by atomic mass is 35.5. The van der Waals surface area contributed by atoms with Gasteiger partial charge in [0.05, 0.1) is 23.0 Å². The smallest absolute Gasteiger partial charge is 0.233 e. The molecule has 6 nitrogen and oxygen atoms in total. The molecule has 1 saturated carbocycles. The molecule has 140 valence electrons. The SMILES string of the molecule is CC[C@H]1C[C@@H]2C(=O)N(C)C(=O)[C@@H]2[C@@H]2C[C@@H](c3ccc(O)cc3Cl)O[C@]12O. The highest BCUT2D eigenvalue weighted by molar-refractivity contribution is 6.31. The number of hydrogen-bond acceptors (Lipinski definition) is 5. The fourth-order valence-electron chi connectivity index (χ4n) is 5.07. The number of phenolic OH excluding ortho intramolecular Hbond substituents is 1. The van der Waals surface area contributed by atoms with E-state index in [2.05, 4.69) is 0 Å². The molecule has 2 amide bonds. The summed E-state index contributed by atoms with van der Waals surface area (Å²) >= 11 is 6.26. The number of amides is 2. The molecule has 3 fully saturated rings. The van der Waals surface area contributed by atoms with Crippen molar-refractivity contribution in [2.24, 2.45) is 23.7 Å². The molecule has 2 N–H and O–H groups in total. The number of hydrogen-bond donors (Lipinski definition) is 2. The number of carbonyl (C=O) groups is 2. The van der Waals surface area contributed by atoms with Gasteiger partial charge in [0.1, 0.15) is 5.75 Å². The maximum absolute atomic E-state index is 12.7. The molecular formula is C19H22ClNO5. The normalized spacial score (nSPS) is 39.2. The number of benzene rings is 1. The van der Waals surface area contributed by atoms with Gasteiger partial charge in [-0.25, -0.2) is 0 Å². The number of carbonyl (C=O) groups excluding carboxylic acids is 2. The van der Waals surface area contributed by atoms with Crippen LogP contribution < -0.4 is 0 Å². The molecule has 2 aliphatic heterocycles. The predicted octanol–water partition coefficient (Wildman–Crippen LogP) is 2.47. The lowest BCUT2D eigenvalue weighted by molar-refractivity contribution is -0.269. The molecule has 7 heteroatoms. The lowest BCUT2D eigenvalue weighted by Gasteiger charge is -2.44. The quantitative estimate of drug-likeness (QED) is 0.771. The Morgan fingerprint density at radius 3 is 2.69 bits per heavy atom. The van der Waals surface area contributed by atoms with Gasteiger partial charge in [-0.1, -0.05) is 24.6 Å². The van der Waals surface area contributed by atoms with Crippen LogP contribution in [0, 0.1) is 23.7 Å². The topological polar surface area (TPSA) is 87.1 Å². The number of ether oxygens (including phenoxy) is 1. The monoisotopic (exact) mass is 379 g/mol. The fraction of sp³-hybridized carbons (Fsp3) is 0.579. The molecule has 3 aliphatic rings. The van der Waals surface area contributed by atoms with Gasteiger partial charge in [-0.05, 0) is 37.0 Å². The van der Waals surface area contributed by atoms with E-state index >= 15 is 0 Å². The lowest BCUT2D eigenvalue weighted by atomic mass is 9.64. The Balaban J connectivity index is 1.73. The van der Waals surface area contributed by atoms with Crippen LogP contribution in [0.1, 0.15) is 37.9 Å². The third kappa shape index (κ3) is 2.32. The number of phenols is 1. The van der Waals surface area contributed by atoms with E-state index < -0.39 is 23.7 Å². The van der Waals surface area contributed by atoms with Gasteiger partial charge in [0.2, 0.25) is 11.8 Å². The van der Waals surface area contributed by atoms with Crippen molar-refractivity contribution in [3.8, 4) is 5.75 Å². The summed E-state index contributed by atoms with van der Waals surface area (Å²) in [5.41, 5.74) is 0.670. The van der Waals surface area contributed by atoms with Gasteiger partial charge in [0, 0.05) is 18.9 Å². The molecule has 1 aromatic carbocycles. The van der Waals surface area contributed by atoms with E-state index in [-0.39, 0.29) is 29.4 Å². The van der Waals surface area contributed by atoms with Gasteiger partial charge >= 0.3 is 0 Å². The van der Waals surface area contributed by atoms with E-state index in [9.17, 15) is 19.8 Å². The largest absolute Gasteiger partial charge is 0.508 e. The molecule has 1 aliphatic carbocycles. The van der Waals surface area contributed by atoms with Crippen molar-refractivity contribution >= 4 is 23.4 Å². The molecule has 2 saturated heterocycles. The van der Waals surface area contributed by atoms with Crippen LogP contribution in [0.3, 0.4) is 0 Å². The number of aliphatic hydroxyl groups is 1. The molecule has 26 heavy (non-hydrogen) atoms. The zero-order valence-electron chi connectivity index (χ0n) is 14.7. The highest BCUT2D eigenvalue weighted by Gasteiger charge is 2.65. The second kappa shape index (κ2) is 5.94. The van der Waals surface area contributed by atoms with Crippen molar-refractivity contribution in [2.75, 3.05) is 7.05 Å². The minimum absolute atomic E-state index is 0.0533. The van der Waals surface area contributed by atoms with Crippen LogP contribution in [0.15, 0.2) is 18.2 Å². The van der Waals surface area contributed by atoms with Crippen molar-refractivity contribution in [1.29, 1.82) is 0 Å². The first kappa shape index (κ1) is 17.8. The maximum Gasteiger partial charge on any atom is 0.233 e. The molecule has 0 aromatic heterocycles. The van der Waals surface area contributed by atoms with Crippen molar-refractivity contribution < 1.29 is 24.5 Å². The van der Waals surface area contributed by atoms with Crippen molar-refractivity contribution in [2.45, 2.75) is 38.1 Å². The molecular weight excluding hydrogens is 358 g/mol. The summed E-state index contributed by atoms with van der Waals surface area (Å²) in [7, 11) is 1.51. The standard InChI is InChI=1S/C19H22ClNO5/c1-3-9-6-12-16(18(24)21(2)17(12)23)13-8-15(26-19(9,13)25)11-5-4-10(22)7-14(11)20/h4-5,7,9,12-13,15-16,22,25H,3,6,8H2,1-2H3/t9-,12-,13-,15-,16-,19+/m0/s1. The van der Waals surface area contributed by atoms with Gasteiger partial charge in [-0.2, -0.15) is 0 Å². The van der Waals surface area contributed by atoms with Crippen LogP contribution in [-0.2, 0) is 14.3 Å². The van der Waals surface area contributed by atoms with E-state index in [0.29, 0.717) is 29.8 Å². The van der Waals surface area contributed by atoms with Gasteiger partial charge in [0.15, 0.2) is 5.79 Å². The van der Waals surface area contributed by atoms with Gasteiger partial charge < -0.3 is 14.9 Å². The Morgan fingerprint density at radius 1 is 1.31 bits per heavy atom. The number of halogens is 1. The molecule has 6 atom stereocenters. The van der Waals surface area contributed by atoms with Crippen LogP contribution in [0.5, 0.6) is 5.75 Å². The van der Waals surface area contributed by atoms with Gasteiger partial charge in [0.25, 0.3) is 0 Å². The zero-order valence-corrected chi connectivity index (χ0v) is 15.4. The van der Waals surface area contributed by atoms with Crippen molar-refractivity contribution in [3.05, 3.63) is 28.8 Å². The van der Waals surface area contributed by atoms with Gasteiger partial charge in [-0.15, -0.1) is 0 Å². The molecule has 1 aromatic rings. The number of fused-ring (bicyclic) bond motifs is 3. The van der Waals surface area contributed by atoms with Gasteiger partial charge in [-0.3, -0.25) is 14.5 Å². The highest BCUT2D eigenvalue weighted by Crippen LogP contribution is 2.59. The first-order chi connectivity index (χ1) is 12.3. The Kier molecular flexibility index (Phi) is 4.06. The molecule has 0 radical (unpaired) electrons. The van der Waals surface area contributed by atoms with Crippen LogP contribution in [-0.4, -0.2) is 39.8 Å².